The number of benzene rings is 2. The van der Waals surface area contributed by atoms with E-state index in [0.29, 0.717) is 0 Å². The molecule has 2 N–H and O–H groups in total. The van der Waals surface area contributed by atoms with Gasteiger partial charge in [-0.2, -0.15) is 0 Å². The molecule has 0 saturated heterocycles. The van der Waals surface area contributed by atoms with Crippen molar-refractivity contribution in [1.29, 1.82) is 0 Å². The van der Waals surface area contributed by atoms with E-state index in [1.54, 1.807) is 0 Å². The van der Waals surface area contributed by atoms with Crippen LogP contribution < -0.4 is 5.73 Å². The van der Waals surface area contributed by atoms with Crippen LogP contribution in [-0.4, -0.2) is 12.7 Å². The summed E-state index contributed by atoms with van der Waals surface area (Å²) in [6, 6.07) is 18.1. The Hall–Kier alpha value is -1.81. The Morgan fingerprint density at radius 2 is 1.75 bits per heavy atom. The summed E-state index contributed by atoms with van der Waals surface area (Å²) in [5.41, 5.74) is 7.38. The van der Waals surface area contributed by atoms with Crippen molar-refractivity contribution in [2.24, 2.45) is 5.73 Å². The highest BCUT2D eigenvalue weighted by atomic mass is 79.9. The number of primary amides is 1. The number of ether oxygens (including phenoxy) is 1. The van der Waals surface area contributed by atoms with Crippen LogP contribution in [0, 0.1) is 0 Å². The molecule has 0 aliphatic carbocycles. The van der Waals surface area contributed by atoms with E-state index in [2.05, 4.69) is 28.1 Å². The average Bonchev–Trinajstić information content (AvgIpc) is 2.45. The van der Waals surface area contributed by atoms with Crippen LogP contribution in [0.4, 0.5) is 4.79 Å². The third-order valence-corrected chi connectivity index (χ3v) is 3.82. The van der Waals surface area contributed by atoms with Crippen molar-refractivity contribution in [2.75, 3.05) is 6.61 Å². The second kappa shape index (κ2) is 7.10. The summed E-state index contributed by atoms with van der Waals surface area (Å²) in [7, 11) is 0. The average molecular weight is 334 g/mol. The molecule has 3 nitrogen and oxygen atoms in total. The predicted molar refractivity (Wildman–Crippen MR) is 82.6 cm³/mol. The van der Waals surface area contributed by atoms with Crippen LogP contribution in [0.3, 0.4) is 0 Å². The van der Waals surface area contributed by atoms with Gasteiger partial charge in [-0.25, -0.2) is 4.79 Å². The summed E-state index contributed by atoms with van der Waals surface area (Å²) in [6.45, 7) is 0.271. The Kier molecular flexibility index (Phi) is 5.18. The van der Waals surface area contributed by atoms with E-state index in [1.165, 1.54) is 5.56 Å². The zero-order valence-corrected chi connectivity index (χ0v) is 12.5. The van der Waals surface area contributed by atoms with Gasteiger partial charge in [0, 0.05) is 10.4 Å². The minimum absolute atomic E-state index is 0.0699. The highest BCUT2D eigenvalue weighted by molar-refractivity contribution is 9.10. The number of amides is 1. The van der Waals surface area contributed by atoms with E-state index >= 15 is 0 Å². The summed E-state index contributed by atoms with van der Waals surface area (Å²) in [5.74, 6) is 0.0699. The molecular formula is C16H16BrNO2. The van der Waals surface area contributed by atoms with Gasteiger partial charge in [0.2, 0.25) is 0 Å². The largest absolute Gasteiger partial charge is 0.449 e. The number of nitrogens with two attached hydrogens (primary N) is 1. The Bertz CT molecular complexity index is 572. The zero-order chi connectivity index (χ0) is 14.4. The van der Waals surface area contributed by atoms with Crippen LogP contribution in [0.5, 0.6) is 0 Å². The van der Waals surface area contributed by atoms with E-state index in [0.717, 1.165) is 16.5 Å². The van der Waals surface area contributed by atoms with E-state index < -0.39 is 6.09 Å². The standard InChI is InChI=1S/C16H16BrNO2/c17-15-9-5-4-8-14(15)13(11-20-16(18)19)10-12-6-2-1-3-7-12/h1-9,13H,10-11H2,(H2,18,19). The van der Waals surface area contributed by atoms with Crippen molar-refractivity contribution in [3.8, 4) is 0 Å². The van der Waals surface area contributed by atoms with Gasteiger partial charge in [0.1, 0.15) is 6.61 Å². The van der Waals surface area contributed by atoms with Gasteiger partial charge in [-0.1, -0.05) is 64.5 Å². The molecule has 0 spiro atoms. The smallest absolute Gasteiger partial charge is 0.404 e. The Morgan fingerprint density at radius 1 is 1.10 bits per heavy atom. The molecule has 4 heteroatoms. The first-order chi connectivity index (χ1) is 9.66. The summed E-state index contributed by atoms with van der Waals surface area (Å²) >= 11 is 3.55. The normalized spacial score (nSPS) is 11.8. The van der Waals surface area contributed by atoms with Crippen molar-refractivity contribution in [2.45, 2.75) is 12.3 Å². The van der Waals surface area contributed by atoms with E-state index in [1.807, 2.05) is 42.5 Å². The maximum atomic E-state index is 10.9. The molecule has 2 aromatic rings. The van der Waals surface area contributed by atoms with Crippen LogP contribution >= 0.6 is 15.9 Å². The van der Waals surface area contributed by atoms with Gasteiger partial charge in [-0.15, -0.1) is 0 Å². The zero-order valence-electron chi connectivity index (χ0n) is 11.0. The van der Waals surface area contributed by atoms with Gasteiger partial charge >= 0.3 is 6.09 Å². The van der Waals surface area contributed by atoms with Crippen LogP contribution in [0.15, 0.2) is 59.1 Å². The summed E-state index contributed by atoms with van der Waals surface area (Å²) in [6.07, 6.45) is 0.0478. The second-order valence-corrected chi connectivity index (χ2v) is 5.39. The van der Waals surface area contributed by atoms with Crippen LogP contribution in [0.2, 0.25) is 0 Å². The first-order valence-corrected chi connectivity index (χ1v) is 7.16. The summed E-state index contributed by atoms with van der Waals surface area (Å²) in [4.78, 5) is 10.9. The van der Waals surface area contributed by atoms with Crippen molar-refractivity contribution in [1.82, 2.24) is 0 Å². The van der Waals surface area contributed by atoms with E-state index in [9.17, 15) is 4.79 Å². The summed E-state index contributed by atoms with van der Waals surface area (Å²) in [5, 5.41) is 0. The number of rotatable bonds is 5. The third kappa shape index (κ3) is 4.10. The van der Waals surface area contributed by atoms with Crippen LogP contribution in [-0.2, 0) is 11.2 Å². The second-order valence-electron chi connectivity index (χ2n) is 4.54. The Labute approximate surface area is 126 Å². The number of carbonyl (C=O) groups excluding carboxylic acids is 1. The quantitative estimate of drug-likeness (QED) is 0.902. The molecule has 0 radical (unpaired) electrons. The summed E-state index contributed by atoms with van der Waals surface area (Å²) < 4.78 is 6.01. The van der Waals surface area contributed by atoms with Crippen LogP contribution in [0.25, 0.3) is 0 Å². The lowest BCUT2D eigenvalue weighted by atomic mass is 9.93. The molecule has 104 valence electrons. The molecular weight excluding hydrogens is 318 g/mol. The topological polar surface area (TPSA) is 52.3 Å². The van der Waals surface area contributed by atoms with E-state index in [-0.39, 0.29) is 12.5 Å². The number of hydrogen-bond acceptors (Lipinski definition) is 2. The van der Waals surface area contributed by atoms with Gasteiger partial charge in [0.15, 0.2) is 0 Å². The van der Waals surface area contributed by atoms with Crippen molar-refractivity contribution in [3.63, 3.8) is 0 Å². The highest BCUT2D eigenvalue weighted by Gasteiger charge is 2.16. The maximum absolute atomic E-state index is 10.9. The fourth-order valence-corrected chi connectivity index (χ4v) is 2.75. The van der Waals surface area contributed by atoms with Gasteiger partial charge in [0.05, 0.1) is 0 Å². The van der Waals surface area contributed by atoms with E-state index in [4.69, 9.17) is 10.5 Å². The molecule has 0 aromatic heterocycles. The van der Waals surface area contributed by atoms with Gasteiger partial charge in [-0.05, 0) is 23.6 Å². The Morgan fingerprint density at radius 3 is 2.40 bits per heavy atom. The molecule has 0 aliphatic rings. The molecule has 2 aromatic carbocycles. The molecule has 1 amide bonds. The molecule has 1 atom stereocenters. The lowest BCUT2D eigenvalue weighted by molar-refractivity contribution is 0.148. The minimum atomic E-state index is -0.741. The maximum Gasteiger partial charge on any atom is 0.404 e. The van der Waals surface area contributed by atoms with Gasteiger partial charge in [0.25, 0.3) is 0 Å². The number of carbonyl (C=O) groups is 1. The van der Waals surface area contributed by atoms with Crippen molar-refractivity contribution >= 4 is 22.0 Å². The Balaban J connectivity index is 2.20. The molecule has 0 aliphatic heterocycles. The molecule has 0 bridgehead atoms. The van der Waals surface area contributed by atoms with Crippen molar-refractivity contribution in [3.05, 3.63) is 70.2 Å². The highest BCUT2D eigenvalue weighted by Crippen LogP contribution is 2.28. The molecule has 0 heterocycles. The number of halogens is 1. The molecule has 0 fully saturated rings. The molecule has 0 saturated carbocycles. The first-order valence-electron chi connectivity index (χ1n) is 6.37. The third-order valence-electron chi connectivity index (χ3n) is 3.10. The monoisotopic (exact) mass is 333 g/mol. The lowest BCUT2D eigenvalue weighted by Gasteiger charge is -2.18. The fourth-order valence-electron chi connectivity index (χ4n) is 2.15. The lowest BCUT2D eigenvalue weighted by Crippen LogP contribution is -2.19. The number of hydrogen-bond donors (Lipinski definition) is 1. The van der Waals surface area contributed by atoms with Gasteiger partial charge in [-0.3, -0.25) is 0 Å². The van der Waals surface area contributed by atoms with Gasteiger partial charge < -0.3 is 10.5 Å². The predicted octanol–water partition coefficient (Wildman–Crippen LogP) is 3.87. The van der Waals surface area contributed by atoms with Crippen LogP contribution in [0.1, 0.15) is 17.0 Å². The van der Waals surface area contributed by atoms with Crippen molar-refractivity contribution < 1.29 is 9.53 Å². The minimum Gasteiger partial charge on any atom is -0.449 e. The molecule has 2 rings (SSSR count). The first kappa shape index (κ1) is 14.6. The SMILES string of the molecule is NC(=O)OCC(Cc1ccccc1)c1ccccc1Br. The molecule has 20 heavy (non-hydrogen) atoms. The molecule has 1 unspecified atom stereocenters. The fraction of sp³-hybridized carbons (Fsp3) is 0.188.